The normalized spacial score (nSPS) is 12.7. The van der Waals surface area contributed by atoms with Crippen molar-refractivity contribution < 1.29 is 4.42 Å². The van der Waals surface area contributed by atoms with Crippen LogP contribution in [0.4, 0.5) is 5.69 Å². The fourth-order valence-corrected chi connectivity index (χ4v) is 3.06. The summed E-state index contributed by atoms with van der Waals surface area (Å²) < 4.78 is 6.70. The molecule has 3 rings (SSSR count). The van der Waals surface area contributed by atoms with E-state index in [2.05, 4.69) is 35.4 Å². The van der Waals surface area contributed by atoms with Gasteiger partial charge in [0.15, 0.2) is 0 Å². The molecular weight excluding hydrogens is 256 g/mol. The second kappa shape index (κ2) is 5.05. The fourth-order valence-electron chi connectivity index (χ4n) is 2.19. The van der Waals surface area contributed by atoms with Crippen molar-refractivity contribution >= 4 is 27.2 Å². The van der Waals surface area contributed by atoms with Crippen LogP contribution in [-0.2, 0) is 0 Å². The van der Waals surface area contributed by atoms with E-state index >= 15 is 0 Å². The maximum atomic E-state index is 5.48. The van der Waals surface area contributed by atoms with Crippen LogP contribution in [0.3, 0.4) is 0 Å². The van der Waals surface area contributed by atoms with Crippen LogP contribution in [0.1, 0.15) is 30.2 Å². The summed E-state index contributed by atoms with van der Waals surface area (Å²) in [5.41, 5.74) is 2.18. The molecule has 1 atom stereocenters. The molecule has 0 bridgehead atoms. The minimum Gasteiger partial charge on any atom is -0.467 e. The van der Waals surface area contributed by atoms with Crippen LogP contribution in [0.5, 0.6) is 0 Å². The Balaban J connectivity index is 1.87. The predicted molar refractivity (Wildman–Crippen MR) is 79.7 cm³/mol. The van der Waals surface area contributed by atoms with Gasteiger partial charge in [0.2, 0.25) is 0 Å². The summed E-state index contributed by atoms with van der Waals surface area (Å²) in [5, 5.41) is 4.62. The summed E-state index contributed by atoms with van der Waals surface area (Å²) in [6.07, 6.45) is 2.70. The van der Waals surface area contributed by atoms with Crippen LogP contribution < -0.4 is 5.32 Å². The molecule has 0 radical (unpaired) electrons. The van der Waals surface area contributed by atoms with Gasteiger partial charge in [-0.25, -0.2) is 4.98 Å². The highest BCUT2D eigenvalue weighted by atomic mass is 32.1. The number of anilines is 1. The highest BCUT2D eigenvalue weighted by Gasteiger charge is 2.12. The van der Waals surface area contributed by atoms with E-state index in [1.165, 1.54) is 4.70 Å². The maximum absolute atomic E-state index is 5.48. The summed E-state index contributed by atoms with van der Waals surface area (Å²) >= 11 is 1.72. The van der Waals surface area contributed by atoms with Gasteiger partial charge in [-0.15, -0.1) is 11.3 Å². The number of hydrogen-bond acceptors (Lipinski definition) is 4. The molecule has 0 aliphatic carbocycles. The third kappa shape index (κ3) is 2.49. The van der Waals surface area contributed by atoms with Crippen molar-refractivity contribution in [1.29, 1.82) is 0 Å². The molecule has 1 unspecified atom stereocenters. The topological polar surface area (TPSA) is 38.1 Å². The summed E-state index contributed by atoms with van der Waals surface area (Å²) in [6, 6.07) is 10.4. The Bertz CT molecular complexity index is 673. The first-order valence-corrected chi connectivity index (χ1v) is 7.25. The van der Waals surface area contributed by atoms with E-state index in [1.54, 1.807) is 17.6 Å². The minimum atomic E-state index is 0.210. The molecule has 0 fully saturated rings. The van der Waals surface area contributed by atoms with E-state index in [1.807, 2.05) is 19.1 Å². The van der Waals surface area contributed by atoms with E-state index in [9.17, 15) is 0 Å². The number of aryl methyl sites for hydroxylation is 1. The predicted octanol–water partition coefficient (Wildman–Crippen LogP) is 4.76. The maximum Gasteiger partial charge on any atom is 0.125 e. The van der Waals surface area contributed by atoms with Gasteiger partial charge in [0, 0.05) is 5.69 Å². The molecule has 1 aromatic carbocycles. The first-order valence-electron chi connectivity index (χ1n) is 6.43. The van der Waals surface area contributed by atoms with Crippen LogP contribution in [-0.4, -0.2) is 4.98 Å². The van der Waals surface area contributed by atoms with Gasteiger partial charge < -0.3 is 9.73 Å². The number of thiazole rings is 1. The van der Waals surface area contributed by atoms with Crippen molar-refractivity contribution in [3.8, 4) is 0 Å². The van der Waals surface area contributed by atoms with Gasteiger partial charge in [0.25, 0.3) is 0 Å². The largest absolute Gasteiger partial charge is 0.467 e. The number of rotatable bonds is 4. The lowest BCUT2D eigenvalue weighted by Crippen LogP contribution is -2.08. The standard InChI is InChI=1S/C15H16N2OS/c1-3-12(14-5-4-8-18-14)17-11-6-7-13-15(9-11)19-10(2)16-13/h4-9,12,17H,3H2,1-2H3. The van der Waals surface area contributed by atoms with Crippen molar-refractivity contribution in [3.63, 3.8) is 0 Å². The van der Waals surface area contributed by atoms with Crippen LogP contribution in [0, 0.1) is 6.92 Å². The van der Waals surface area contributed by atoms with E-state index in [0.717, 1.165) is 28.4 Å². The lowest BCUT2D eigenvalue weighted by atomic mass is 10.1. The smallest absolute Gasteiger partial charge is 0.125 e. The molecule has 1 N–H and O–H groups in total. The van der Waals surface area contributed by atoms with Gasteiger partial charge in [0.05, 0.1) is 27.5 Å². The molecule has 2 heterocycles. The van der Waals surface area contributed by atoms with E-state index in [0.29, 0.717) is 0 Å². The quantitative estimate of drug-likeness (QED) is 0.744. The van der Waals surface area contributed by atoms with Crippen molar-refractivity contribution in [2.75, 3.05) is 5.32 Å². The SMILES string of the molecule is CCC(Nc1ccc2nc(C)sc2c1)c1ccco1. The van der Waals surface area contributed by atoms with E-state index in [-0.39, 0.29) is 6.04 Å². The number of nitrogens with zero attached hydrogens (tertiary/aromatic N) is 1. The number of fused-ring (bicyclic) bond motifs is 1. The Hall–Kier alpha value is -1.81. The molecule has 0 amide bonds. The summed E-state index contributed by atoms with van der Waals surface area (Å²) in [5.74, 6) is 0.975. The van der Waals surface area contributed by atoms with Gasteiger partial charge in [-0.1, -0.05) is 6.92 Å². The number of furan rings is 1. The molecule has 0 spiro atoms. The Morgan fingerprint density at radius 3 is 3.00 bits per heavy atom. The zero-order valence-electron chi connectivity index (χ0n) is 11.0. The average molecular weight is 272 g/mol. The Kier molecular flexibility index (Phi) is 3.25. The lowest BCUT2D eigenvalue weighted by Gasteiger charge is -2.15. The van der Waals surface area contributed by atoms with Crippen LogP contribution >= 0.6 is 11.3 Å². The van der Waals surface area contributed by atoms with Crippen LogP contribution in [0.25, 0.3) is 10.2 Å². The second-order valence-corrected chi connectivity index (χ2v) is 5.77. The Labute approximate surface area is 116 Å². The number of hydrogen-bond donors (Lipinski definition) is 1. The zero-order chi connectivity index (χ0) is 13.2. The number of aromatic nitrogens is 1. The van der Waals surface area contributed by atoms with Gasteiger partial charge in [0.1, 0.15) is 5.76 Å². The molecule has 0 aliphatic rings. The molecule has 4 heteroatoms. The monoisotopic (exact) mass is 272 g/mol. The van der Waals surface area contributed by atoms with Gasteiger partial charge in [-0.3, -0.25) is 0 Å². The number of nitrogens with one attached hydrogen (secondary N) is 1. The molecule has 3 aromatic rings. The Morgan fingerprint density at radius 1 is 1.37 bits per heavy atom. The molecule has 19 heavy (non-hydrogen) atoms. The van der Waals surface area contributed by atoms with Gasteiger partial charge in [-0.05, 0) is 43.7 Å². The number of benzene rings is 1. The summed E-state index contributed by atoms with van der Waals surface area (Å²) in [6.45, 7) is 4.19. The second-order valence-electron chi connectivity index (χ2n) is 4.54. The third-order valence-corrected chi connectivity index (χ3v) is 4.06. The molecular formula is C15H16N2OS. The fraction of sp³-hybridized carbons (Fsp3) is 0.267. The first kappa shape index (κ1) is 12.2. The van der Waals surface area contributed by atoms with Crippen molar-refractivity contribution in [3.05, 3.63) is 47.4 Å². The lowest BCUT2D eigenvalue weighted by molar-refractivity contribution is 0.474. The molecule has 3 nitrogen and oxygen atoms in total. The van der Waals surface area contributed by atoms with E-state index < -0.39 is 0 Å². The molecule has 98 valence electrons. The van der Waals surface area contributed by atoms with E-state index in [4.69, 9.17) is 4.42 Å². The molecule has 0 saturated heterocycles. The van der Waals surface area contributed by atoms with Crippen molar-refractivity contribution in [2.45, 2.75) is 26.3 Å². The van der Waals surface area contributed by atoms with Crippen molar-refractivity contribution in [1.82, 2.24) is 4.98 Å². The molecule has 2 aromatic heterocycles. The minimum absolute atomic E-state index is 0.210. The first-order chi connectivity index (χ1) is 9.26. The summed E-state index contributed by atoms with van der Waals surface area (Å²) in [7, 11) is 0. The van der Waals surface area contributed by atoms with Crippen LogP contribution in [0.15, 0.2) is 41.0 Å². The van der Waals surface area contributed by atoms with Crippen LogP contribution in [0.2, 0.25) is 0 Å². The molecule has 0 saturated carbocycles. The highest BCUT2D eigenvalue weighted by Crippen LogP contribution is 2.28. The van der Waals surface area contributed by atoms with Gasteiger partial charge in [-0.2, -0.15) is 0 Å². The average Bonchev–Trinajstić information content (AvgIpc) is 3.03. The highest BCUT2D eigenvalue weighted by molar-refractivity contribution is 7.18. The molecule has 0 aliphatic heterocycles. The van der Waals surface area contributed by atoms with Crippen molar-refractivity contribution in [2.24, 2.45) is 0 Å². The summed E-state index contributed by atoms with van der Waals surface area (Å²) in [4.78, 5) is 4.48. The zero-order valence-corrected chi connectivity index (χ0v) is 11.8. The third-order valence-electron chi connectivity index (χ3n) is 3.13. The van der Waals surface area contributed by atoms with Gasteiger partial charge >= 0.3 is 0 Å². The Morgan fingerprint density at radius 2 is 2.26 bits per heavy atom.